The van der Waals surface area contributed by atoms with E-state index in [1.54, 1.807) is 0 Å². The first kappa shape index (κ1) is 12.9. The molecule has 0 N–H and O–H groups in total. The SMILES string of the molecule is C=C1C(=CCC)N2C3CCCCC3OC3CCCC1C32. The molecule has 2 aliphatic heterocycles. The summed E-state index contributed by atoms with van der Waals surface area (Å²) in [5, 5.41) is 0. The monoisotopic (exact) mass is 273 g/mol. The first-order valence-corrected chi connectivity index (χ1v) is 8.64. The van der Waals surface area contributed by atoms with Gasteiger partial charge in [-0.1, -0.05) is 38.8 Å². The zero-order valence-electron chi connectivity index (χ0n) is 12.7. The van der Waals surface area contributed by atoms with Crippen LogP contribution in [0.4, 0.5) is 0 Å². The van der Waals surface area contributed by atoms with Gasteiger partial charge in [0.2, 0.25) is 0 Å². The van der Waals surface area contributed by atoms with Gasteiger partial charge in [0.1, 0.15) is 0 Å². The summed E-state index contributed by atoms with van der Waals surface area (Å²) in [6.45, 7) is 6.72. The molecule has 20 heavy (non-hydrogen) atoms. The van der Waals surface area contributed by atoms with E-state index in [2.05, 4.69) is 24.5 Å². The van der Waals surface area contributed by atoms with E-state index < -0.39 is 0 Å². The van der Waals surface area contributed by atoms with Crippen LogP contribution in [0.3, 0.4) is 0 Å². The van der Waals surface area contributed by atoms with Gasteiger partial charge in [0.05, 0.1) is 24.3 Å². The lowest BCUT2D eigenvalue weighted by Crippen LogP contribution is -2.60. The Bertz CT molecular complexity index is 441. The Morgan fingerprint density at radius 2 is 1.95 bits per heavy atom. The van der Waals surface area contributed by atoms with Crippen molar-refractivity contribution in [2.24, 2.45) is 5.92 Å². The van der Waals surface area contributed by atoms with Gasteiger partial charge in [-0.3, -0.25) is 0 Å². The second-order valence-corrected chi connectivity index (χ2v) is 7.02. The summed E-state index contributed by atoms with van der Waals surface area (Å²) in [7, 11) is 0. The van der Waals surface area contributed by atoms with Crippen LogP contribution in [-0.2, 0) is 4.74 Å². The third-order valence-electron chi connectivity index (χ3n) is 5.94. The molecular weight excluding hydrogens is 246 g/mol. The second kappa shape index (κ2) is 4.91. The molecule has 5 unspecified atom stereocenters. The topological polar surface area (TPSA) is 12.5 Å². The minimum absolute atomic E-state index is 0.465. The van der Waals surface area contributed by atoms with Gasteiger partial charge in [-0.25, -0.2) is 0 Å². The summed E-state index contributed by atoms with van der Waals surface area (Å²) in [6, 6.07) is 1.23. The molecular formula is C18H27NO. The first-order valence-electron chi connectivity index (χ1n) is 8.64. The number of nitrogens with zero attached hydrogens (tertiary/aromatic N) is 1. The number of hydrogen-bond acceptors (Lipinski definition) is 2. The van der Waals surface area contributed by atoms with Crippen molar-refractivity contribution in [1.29, 1.82) is 0 Å². The molecule has 2 heteroatoms. The molecule has 0 amide bonds. The van der Waals surface area contributed by atoms with Gasteiger partial charge in [0.15, 0.2) is 0 Å². The summed E-state index contributed by atoms with van der Waals surface area (Å²) in [5.74, 6) is 0.662. The van der Waals surface area contributed by atoms with Crippen molar-refractivity contribution in [3.8, 4) is 0 Å². The maximum Gasteiger partial charge on any atom is 0.0789 e. The Balaban J connectivity index is 1.75. The lowest BCUT2D eigenvalue weighted by molar-refractivity contribution is -0.163. The Morgan fingerprint density at radius 1 is 1.15 bits per heavy atom. The van der Waals surface area contributed by atoms with E-state index in [-0.39, 0.29) is 0 Å². The molecule has 0 spiro atoms. The van der Waals surface area contributed by atoms with Gasteiger partial charge >= 0.3 is 0 Å². The van der Waals surface area contributed by atoms with Crippen molar-refractivity contribution in [3.63, 3.8) is 0 Å². The van der Waals surface area contributed by atoms with Crippen molar-refractivity contribution >= 4 is 0 Å². The van der Waals surface area contributed by atoms with Crippen LogP contribution in [0.15, 0.2) is 23.9 Å². The lowest BCUT2D eigenvalue weighted by atomic mass is 9.78. The van der Waals surface area contributed by atoms with Gasteiger partial charge in [-0.05, 0) is 37.7 Å². The van der Waals surface area contributed by atoms with Crippen molar-refractivity contribution in [3.05, 3.63) is 23.9 Å². The van der Waals surface area contributed by atoms with Crippen LogP contribution in [0.25, 0.3) is 0 Å². The van der Waals surface area contributed by atoms with E-state index in [1.807, 2.05) is 0 Å². The second-order valence-electron chi connectivity index (χ2n) is 7.02. The molecule has 5 atom stereocenters. The first-order chi connectivity index (χ1) is 9.81. The smallest absolute Gasteiger partial charge is 0.0789 e. The zero-order chi connectivity index (χ0) is 13.7. The molecule has 2 heterocycles. The number of allylic oxidation sites excluding steroid dienone is 2. The number of ether oxygens (including phenoxy) is 1. The fourth-order valence-electron chi connectivity index (χ4n) is 5.17. The summed E-state index contributed by atoms with van der Waals surface area (Å²) in [6.07, 6.45) is 13.7. The molecule has 2 saturated carbocycles. The predicted molar refractivity (Wildman–Crippen MR) is 81.4 cm³/mol. The molecule has 4 aliphatic rings. The van der Waals surface area contributed by atoms with Crippen molar-refractivity contribution in [2.75, 3.05) is 0 Å². The van der Waals surface area contributed by atoms with Crippen LogP contribution in [-0.4, -0.2) is 29.2 Å². The summed E-state index contributed by atoms with van der Waals surface area (Å²) >= 11 is 0. The minimum Gasteiger partial charge on any atom is -0.371 e. The molecule has 0 radical (unpaired) electrons. The molecule has 2 nitrogen and oxygen atoms in total. The van der Waals surface area contributed by atoms with E-state index in [9.17, 15) is 0 Å². The Kier molecular flexibility index (Phi) is 3.17. The highest BCUT2D eigenvalue weighted by molar-refractivity contribution is 5.39. The number of hydrogen-bond donors (Lipinski definition) is 0. The Hall–Kier alpha value is -0.760. The van der Waals surface area contributed by atoms with Gasteiger partial charge in [0, 0.05) is 11.6 Å². The molecule has 0 aromatic carbocycles. The number of morpholine rings is 1. The zero-order valence-corrected chi connectivity index (χ0v) is 12.7. The predicted octanol–water partition coefficient (Wildman–Crippen LogP) is 4.03. The normalized spacial score (nSPS) is 45.5. The maximum absolute atomic E-state index is 6.54. The molecule has 4 fully saturated rings. The molecule has 2 saturated heterocycles. The fourth-order valence-corrected chi connectivity index (χ4v) is 5.17. The van der Waals surface area contributed by atoms with Gasteiger partial charge in [-0.15, -0.1) is 0 Å². The van der Waals surface area contributed by atoms with Crippen LogP contribution >= 0.6 is 0 Å². The highest BCUT2D eigenvalue weighted by Gasteiger charge is 2.54. The quantitative estimate of drug-likeness (QED) is 0.715. The van der Waals surface area contributed by atoms with Gasteiger partial charge < -0.3 is 9.64 Å². The van der Waals surface area contributed by atoms with E-state index in [0.29, 0.717) is 30.2 Å². The van der Waals surface area contributed by atoms with Crippen LogP contribution in [0, 0.1) is 5.92 Å². The van der Waals surface area contributed by atoms with Gasteiger partial charge in [0.25, 0.3) is 0 Å². The highest BCUT2D eigenvalue weighted by Crippen LogP contribution is 2.51. The van der Waals surface area contributed by atoms with Crippen molar-refractivity contribution in [1.82, 2.24) is 4.90 Å². The van der Waals surface area contributed by atoms with E-state index >= 15 is 0 Å². The minimum atomic E-state index is 0.465. The maximum atomic E-state index is 6.54. The third kappa shape index (κ3) is 1.73. The van der Waals surface area contributed by atoms with Crippen LogP contribution in [0.1, 0.15) is 58.3 Å². The molecule has 110 valence electrons. The number of fused-ring (bicyclic) bond motifs is 2. The van der Waals surface area contributed by atoms with E-state index in [4.69, 9.17) is 4.74 Å². The number of rotatable bonds is 1. The Labute approximate surface area is 122 Å². The van der Waals surface area contributed by atoms with Crippen LogP contribution in [0.5, 0.6) is 0 Å². The third-order valence-corrected chi connectivity index (χ3v) is 5.94. The van der Waals surface area contributed by atoms with Crippen molar-refractivity contribution in [2.45, 2.75) is 82.6 Å². The average molecular weight is 273 g/mol. The summed E-state index contributed by atoms with van der Waals surface area (Å²) in [4.78, 5) is 2.77. The molecule has 4 rings (SSSR count). The molecule has 2 aliphatic carbocycles. The largest absolute Gasteiger partial charge is 0.371 e. The molecule has 0 bridgehead atoms. The van der Waals surface area contributed by atoms with Crippen LogP contribution in [0.2, 0.25) is 0 Å². The summed E-state index contributed by atoms with van der Waals surface area (Å²) < 4.78 is 6.54. The average Bonchev–Trinajstić information content (AvgIpc) is 2.76. The fraction of sp³-hybridized carbons (Fsp3) is 0.778. The van der Waals surface area contributed by atoms with Crippen LogP contribution < -0.4 is 0 Å². The highest BCUT2D eigenvalue weighted by atomic mass is 16.5. The Morgan fingerprint density at radius 3 is 2.80 bits per heavy atom. The summed E-state index contributed by atoms with van der Waals surface area (Å²) in [5.41, 5.74) is 2.89. The molecule has 0 aromatic heterocycles. The van der Waals surface area contributed by atoms with E-state index in [0.717, 1.165) is 6.42 Å². The lowest BCUT2D eigenvalue weighted by Gasteiger charge is -2.52. The molecule has 0 aromatic rings. The van der Waals surface area contributed by atoms with Crippen molar-refractivity contribution < 1.29 is 4.74 Å². The standard InChI is InChI=1S/C18H27NO/c1-3-7-14-12(2)13-8-6-11-17-18(13)19(14)15-9-4-5-10-16(15)20-17/h7,13,15-18H,2-6,8-11H2,1H3. The van der Waals surface area contributed by atoms with E-state index in [1.165, 1.54) is 56.2 Å². The van der Waals surface area contributed by atoms with Gasteiger partial charge in [-0.2, -0.15) is 0 Å².